The molecule has 6 nitrogen and oxygen atoms in total. The van der Waals surface area contributed by atoms with E-state index in [1.54, 1.807) is 11.9 Å². The fraction of sp³-hybridized carbons (Fsp3) is 0.267. The molecule has 1 aromatic carbocycles. The van der Waals surface area contributed by atoms with Crippen molar-refractivity contribution in [1.29, 1.82) is 0 Å². The van der Waals surface area contributed by atoms with Gasteiger partial charge in [0.1, 0.15) is 11.4 Å². The van der Waals surface area contributed by atoms with E-state index >= 15 is 0 Å². The van der Waals surface area contributed by atoms with Crippen LogP contribution < -0.4 is 0 Å². The van der Waals surface area contributed by atoms with E-state index in [-0.39, 0.29) is 5.91 Å². The third kappa shape index (κ3) is 2.40. The van der Waals surface area contributed by atoms with Crippen LogP contribution in [0.15, 0.2) is 28.7 Å². The number of benzene rings is 1. The van der Waals surface area contributed by atoms with Gasteiger partial charge < -0.3 is 9.32 Å². The monoisotopic (exact) mass is 284 g/mol. The smallest absolute Gasteiger partial charge is 0.290 e. The highest BCUT2D eigenvalue weighted by Gasteiger charge is 2.21. The minimum Gasteiger partial charge on any atom is -0.451 e. The number of nitrogens with one attached hydrogen (secondary N) is 1. The van der Waals surface area contributed by atoms with Crippen LogP contribution >= 0.6 is 0 Å². The summed E-state index contributed by atoms with van der Waals surface area (Å²) in [5.74, 6) is 1.50. The quantitative estimate of drug-likeness (QED) is 0.801. The minimum atomic E-state index is -0.175. The molecule has 2 aromatic heterocycles. The van der Waals surface area contributed by atoms with Crippen LogP contribution in [-0.4, -0.2) is 33.0 Å². The van der Waals surface area contributed by atoms with Crippen molar-refractivity contribution in [2.75, 3.05) is 7.05 Å². The average Bonchev–Trinajstić information content (AvgIpc) is 3.03. The molecule has 0 bridgehead atoms. The second-order valence-corrected chi connectivity index (χ2v) is 5.05. The molecule has 21 heavy (non-hydrogen) atoms. The van der Waals surface area contributed by atoms with Gasteiger partial charge in [-0.25, -0.2) is 4.98 Å². The second kappa shape index (κ2) is 5.05. The lowest BCUT2D eigenvalue weighted by atomic mass is 10.1. The van der Waals surface area contributed by atoms with Crippen LogP contribution in [-0.2, 0) is 6.54 Å². The summed E-state index contributed by atoms with van der Waals surface area (Å²) in [5, 5.41) is 7.76. The maximum absolute atomic E-state index is 12.5. The number of carbonyl (C=O) groups is 1. The van der Waals surface area contributed by atoms with E-state index in [0.717, 1.165) is 22.4 Å². The van der Waals surface area contributed by atoms with Crippen molar-refractivity contribution in [3.8, 4) is 0 Å². The van der Waals surface area contributed by atoms with Gasteiger partial charge in [-0.1, -0.05) is 18.2 Å². The Kier molecular flexibility index (Phi) is 3.21. The van der Waals surface area contributed by atoms with Crippen LogP contribution in [0.3, 0.4) is 0 Å². The maximum Gasteiger partial charge on any atom is 0.290 e. The molecule has 0 radical (unpaired) electrons. The molecule has 0 aliphatic heterocycles. The van der Waals surface area contributed by atoms with E-state index in [0.29, 0.717) is 18.1 Å². The zero-order valence-electron chi connectivity index (χ0n) is 12.2. The Labute approximate surface area is 121 Å². The molecule has 3 aromatic rings. The molecule has 3 rings (SSSR count). The molecule has 108 valence electrons. The molecule has 0 spiro atoms. The highest BCUT2D eigenvalue weighted by molar-refractivity contribution is 5.98. The van der Waals surface area contributed by atoms with Gasteiger partial charge >= 0.3 is 0 Å². The molecule has 0 unspecified atom stereocenters. The molecular formula is C15H16N4O2. The Balaban J connectivity index is 1.87. The van der Waals surface area contributed by atoms with Crippen LogP contribution in [0.4, 0.5) is 0 Å². The van der Waals surface area contributed by atoms with Gasteiger partial charge in [0.15, 0.2) is 11.6 Å². The molecular weight excluding hydrogens is 268 g/mol. The van der Waals surface area contributed by atoms with Crippen molar-refractivity contribution >= 4 is 16.9 Å². The van der Waals surface area contributed by atoms with Gasteiger partial charge in [-0.3, -0.25) is 9.89 Å². The number of nitrogens with zero attached hydrogens (tertiary/aromatic N) is 3. The zero-order valence-corrected chi connectivity index (χ0v) is 12.2. The summed E-state index contributed by atoms with van der Waals surface area (Å²) in [6.45, 7) is 4.05. The molecule has 6 heteroatoms. The first-order valence-corrected chi connectivity index (χ1v) is 6.67. The molecule has 0 atom stereocenters. The number of H-pyrrole nitrogens is 1. The Morgan fingerprint density at radius 2 is 2.10 bits per heavy atom. The first-order chi connectivity index (χ1) is 10.1. The Morgan fingerprint density at radius 1 is 1.33 bits per heavy atom. The fourth-order valence-electron chi connectivity index (χ4n) is 2.30. The Hall–Kier alpha value is -2.63. The SMILES string of the molecule is Cc1nc(CN(C)C(=O)c2oc3ccccc3c2C)n[nH]1. The van der Waals surface area contributed by atoms with Crippen LogP contribution in [0.2, 0.25) is 0 Å². The largest absolute Gasteiger partial charge is 0.451 e. The highest BCUT2D eigenvalue weighted by Crippen LogP contribution is 2.25. The van der Waals surface area contributed by atoms with Crippen molar-refractivity contribution in [2.45, 2.75) is 20.4 Å². The number of hydrogen-bond donors (Lipinski definition) is 1. The van der Waals surface area contributed by atoms with E-state index in [1.165, 1.54) is 0 Å². The molecule has 1 amide bonds. The third-order valence-corrected chi connectivity index (χ3v) is 3.41. The van der Waals surface area contributed by atoms with Crippen molar-refractivity contribution in [3.05, 3.63) is 47.2 Å². The van der Waals surface area contributed by atoms with Gasteiger partial charge in [0.05, 0.1) is 6.54 Å². The normalized spacial score (nSPS) is 11.0. The number of amides is 1. The van der Waals surface area contributed by atoms with Gasteiger partial charge in [0.25, 0.3) is 5.91 Å². The van der Waals surface area contributed by atoms with E-state index < -0.39 is 0 Å². The van der Waals surface area contributed by atoms with Crippen LogP contribution in [0, 0.1) is 13.8 Å². The third-order valence-electron chi connectivity index (χ3n) is 3.41. The lowest BCUT2D eigenvalue weighted by Gasteiger charge is -2.13. The van der Waals surface area contributed by atoms with Crippen molar-refractivity contribution in [2.24, 2.45) is 0 Å². The number of aryl methyl sites for hydroxylation is 2. The van der Waals surface area contributed by atoms with E-state index in [4.69, 9.17) is 4.42 Å². The molecule has 0 aliphatic carbocycles. The first kappa shape index (κ1) is 13.4. The number of aromatic amines is 1. The maximum atomic E-state index is 12.5. The van der Waals surface area contributed by atoms with E-state index in [1.807, 2.05) is 38.1 Å². The number of aromatic nitrogens is 3. The predicted molar refractivity (Wildman–Crippen MR) is 77.9 cm³/mol. The predicted octanol–water partition coefficient (Wildman–Crippen LogP) is 2.44. The number of fused-ring (bicyclic) bond motifs is 1. The average molecular weight is 284 g/mol. The summed E-state index contributed by atoms with van der Waals surface area (Å²) >= 11 is 0. The van der Waals surface area contributed by atoms with Gasteiger partial charge in [0, 0.05) is 18.0 Å². The van der Waals surface area contributed by atoms with Crippen LogP contribution in [0.5, 0.6) is 0 Å². The number of rotatable bonds is 3. The second-order valence-electron chi connectivity index (χ2n) is 5.05. The summed E-state index contributed by atoms with van der Waals surface area (Å²) in [6.07, 6.45) is 0. The lowest BCUT2D eigenvalue weighted by molar-refractivity contribution is 0.0751. The zero-order chi connectivity index (χ0) is 15.0. The lowest BCUT2D eigenvalue weighted by Crippen LogP contribution is -2.26. The standard InChI is InChI=1S/C15H16N4O2/c1-9-11-6-4-5-7-12(11)21-14(9)15(20)19(3)8-13-16-10(2)17-18-13/h4-7H,8H2,1-3H3,(H,16,17,18). The van der Waals surface area contributed by atoms with E-state index in [9.17, 15) is 4.79 Å². The Morgan fingerprint density at radius 3 is 2.76 bits per heavy atom. The molecule has 1 N–H and O–H groups in total. The summed E-state index contributed by atoms with van der Waals surface area (Å²) < 4.78 is 5.68. The molecule has 0 saturated heterocycles. The summed E-state index contributed by atoms with van der Waals surface area (Å²) in [7, 11) is 1.71. The highest BCUT2D eigenvalue weighted by atomic mass is 16.3. The number of furan rings is 1. The van der Waals surface area contributed by atoms with Crippen LogP contribution in [0.25, 0.3) is 11.0 Å². The molecule has 0 aliphatic rings. The van der Waals surface area contributed by atoms with Crippen LogP contribution in [0.1, 0.15) is 27.8 Å². The van der Waals surface area contributed by atoms with Crippen molar-refractivity contribution in [1.82, 2.24) is 20.1 Å². The summed E-state index contributed by atoms with van der Waals surface area (Å²) in [6, 6.07) is 7.63. The number of para-hydroxylation sites is 1. The minimum absolute atomic E-state index is 0.175. The topological polar surface area (TPSA) is 75.0 Å². The Bertz CT molecular complexity index is 803. The fourth-order valence-corrected chi connectivity index (χ4v) is 2.30. The number of carbonyl (C=O) groups excluding carboxylic acids is 1. The van der Waals surface area contributed by atoms with Crippen molar-refractivity contribution in [3.63, 3.8) is 0 Å². The van der Waals surface area contributed by atoms with Gasteiger partial charge in [0.2, 0.25) is 0 Å². The molecule has 0 fully saturated rings. The van der Waals surface area contributed by atoms with Gasteiger partial charge in [-0.05, 0) is 19.9 Å². The van der Waals surface area contributed by atoms with Gasteiger partial charge in [-0.2, -0.15) is 5.10 Å². The molecule has 2 heterocycles. The first-order valence-electron chi connectivity index (χ1n) is 6.67. The molecule has 0 saturated carbocycles. The van der Waals surface area contributed by atoms with Crippen molar-refractivity contribution < 1.29 is 9.21 Å². The number of hydrogen-bond acceptors (Lipinski definition) is 4. The van der Waals surface area contributed by atoms with Gasteiger partial charge in [-0.15, -0.1) is 0 Å². The summed E-state index contributed by atoms with van der Waals surface area (Å²) in [4.78, 5) is 18.3. The van der Waals surface area contributed by atoms with E-state index in [2.05, 4.69) is 15.2 Å². The summed E-state index contributed by atoms with van der Waals surface area (Å²) in [5.41, 5.74) is 1.58.